The molecule has 1 fully saturated rings. The molecule has 0 aromatic carbocycles. The highest BCUT2D eigenvalue weighted by Crippen LogP contribution is 2.09. The molecular formula is C11H20N4O4. The van der Waals surface area contributed by atoms with Crippen LogP contribution in [0.2, 0.25) is 0 Å². The summed E-state index contributed by atoms with van der Waals surface area (Å²) in [5.41, 5.74) is 5.03. The molecule has 0 radical (unpaired) electrons. The number of hydrogen-bond donors (Lipinski definition) is 2. The highest BCUT2D eigenvalue weighted by Gasteiger charge is 2.29. The zero-order valence-electron chi connectivity index (χ0n) is 11.2. The summed E-state index contributed by atoms with van der Waals surface area (Å²) in [6.45, 7) is 2.80. The first kappa shape index (κ1) is 15.2. The Balaban J connectivity index is 2.70. The number of aliphatic carboxylic acids is 1. The van der Waals surface area contributed by atoms with Crippen molar-refractivity contribution >= 4 is 17.9 Å². The molecule has 1 aliphatic heterocycles. The van der Waals surface area contributed by atoms with Gasteiger partial charge in [-0.25, -0.2) is 4.79 Å². The van der Waals surface area contributed by atoms with Crippen molar-refractivity contribution in [2.75, 3.05) is 39.8 Å². The van der Waals surface area contributed by atoms with Crippen molar-refractivity contribution in [3.63, 3.8) is 0 Å². The third kappa shape index (κ3) is 4.40. The van der Waals surface area contributed by atoms with Crippen LogP contribution in [0.25, 0.3) is 0 Å². The zero-order chi connectivity index (χ0) is 14.6. The van der Waals surface area contributed by atoms with Crippen molar-refractivity contribution in [3.05, 3.63) is 0 Å². The molecule has 1 atom stereocenters. The molecule has 0 bridgehead atoms. The van der Waals surface area contributed by atoms with Gasteiger partial charge in [-0.1, -0.05) is 0 Å². The molecule has 8 nitrogen and oxygen atoms in total. The Hall–Kier alpha value is -1.83. The number of rotatable bonds is 4. The van der Waals surface area contributed by atoms with E-state index in [0.717, 1.165) is 4.90 Å². The molecule has 1 aliphatic rings. The van der Waals surface area contributed by atoms with E-state index < -0.39 is 24.5 Å². The predicted octanol–water partition coefficient (Wildman–Crippen LogP) is -1.39. The van der Waals surface area contributed by atoms with Crippen LogP contribution in [0.5, 0.6) is 0 Å². The molecule has 0 spiro atoms. The van der Waals surface area contributed by atoms with E-state index in [4.69, 9.17) is 10.8 Å². The van der Waals surface area contributed by atoms with Crippen LogP contribution < -0.4 is 5.73 Å². The maximum absolute atomic E-state index is 12.2. The van der Waals surface area contributed by atoms with Gasteiger partial charge < -0.3 is 25.5 Å². The van der Waals surface area contributed by atoms with Gasteiger partial charge >= 0.3 is 12.0 Å². The van der Waals surface area contributed by atoms with Gasteiger partial charge in [-0.05, 0) is 14.0 Å². The highest BCUT2D eigenvalue weighted by atomic mass is 16.4. The number of piperazine rings is 1. The van der Waals surface area contributed by atoms with Gasteiger partial charge in [0.15, 0.2) is 0 Å². The number of likely N-dealkylation sites (N-methyl/N-ethyl adjacent to an activating group) is 1. The lowest BCUT2D eigenvalue weighted by Gasteiger charge is -2.39. The number of urea groups is 1. The van der Waals surface area contributed by atoms with Gasteiger partial charge in [-0.15, -0.1) is 0 Å². The summed E-state index contributed by atoms with van der Waals surface area (Å²) in [6.07, 6.45) is 0. The van der Waals surface area contributed by atoms with E-state index in [1.807, 2.05) is 14.0 Å². The predicted molar refractivity (Wildman–Crippen MR) is 67.5 cm³/mol. The van der Waals surface area contributed by atoms with Crippen LogP contribution in [0.4, 0.5) is 4.79 Å². The lowest BCUT2D eigenvalue weighted by Crippen LogP contribution is -2.56. The topological polar surface area (TPSA) is 107 Å². The van der Waals surface area contributed by atoms with Crippen molar-refractivity contribution in [2.24, 2.45) is 5.73 Å². The van der Waals surface area contributed by atoms with Gasteiger partial charge in [-0.3, -0.25) is 9.59 Å². The van der Waals surface area contributed by atoms with Gasteiger partial charge in [0.1, 0.15) is 13.1 Å². The smallest absolute Gasteiger partial charge is 0.323 e. The van der Waals surface area contributed by atoms with Crippen LogP contribution in [0.15, 0.2) is 0 Å². The minimum Gasteiger partial charge on any atom is -0.480 e. The summed E-state index contributed by atoms with van der Waals surface area (Å²) >= 11 is 0. The fraction of sp³-hybridized carbons (Fsp3) is 0.727. The van der Waals surface area contributed by atoms with E-state index in [1.54, 1.807) is 4.90 Å². The van der Waals surface area contributed by atoms with Crippen molar-refractivity contribution in [1.29, 1.82) is 0 Å². The number of amides is 3. The SMILES string of the molecule is CC1CN(C(=O)N(CC(N)=O)CC(=O)O)CCN1C. The first-order valence-corrected chi connectivity index (χ1v) is 6.05. The Labute approximate surface area is 111 Å². The Kier molecular flexibility index (Phi) is 5.11. The number of carbonyl (C=O) groups is 3. The number of carboxylic acid groups (broad SMARTS) is 1. The van der Waals surface area contributed by atoms with E-state index in [0.29, 0.717) is 19.6 Å². The molecule has 3 amide bonds. The molecule has 19 heavy (non-hydrogen) atoms. The fourth-order valence-corrected chi connectivity index (χ4v) is 1.96. The zero-order valence-corrected chi connectivity index (χ0v) is 11.2. The van der Waals surface area contributed by atoms with Crippen LogP contribution in [-0.2, 0) is 9.59 Å². The third-order valence-electron chi connectivity index (χ3n) is 3.17. The molecule has 0 aromatic heterocycles. The maximum Gasteiger partial charge on any atom is 0.323 e. The molecule has 0 aromatic rings. The van der Waals surface area contributed by atoms with Crippen LogP contribution >= 0.6 is 0 Å². The minimum atomic E-state index is -1.17. The molecule has 8 heteroatoms. The standard InChI is InChI=1S/C11H20N4O4/c1-8-5-14(4-3-13(8)2)11(19)15(6-9(12)16)7-10(17)18/h8H,3-7H2,1-2H3,(H2,12,16)(H,17,18). The molecule has 0 aliphatic carbocycles. The summed E-state index contributed by atoms with van der Waals surface area (Å²) < 4.78 is 0. The van der Waals surface area contributed by atoms with Gasteiger partial charge in [0.2, 0.25) is 5.91 Å². The van der Waals surface area contributed by atoms with E-state index in [1.165, 1.54) is 0 Å². The van der Waals surface area contributed by atoms with Crippen molar-refractivity contribution in [3.8, 4) is 0 Å². The second-order valence-electron chi connectivity index (χ2n) is 4.77. The largest absolute Gasteiger partial charge is 0.480 e. The summed E-state index contributed by atoms with van der Waals surface area (Å²) in [5, 5.41) is 8.77. The number of carboxylic acids is 1. The quantitative estimate of drug-likeness (QED) is 0.655. The van der Waals surface area contributed by atoms with Crippen LogP contribution in [0.3, 0.4) is 0 Å². The maximum atomic E-state index is 12.2. The monoisotopic (exact) mass is 272 g/mol. The molecule has 1 heterocycles. The number of carbonyl (C=O) groups excluding carboxylic acids is 2. The molecular weight excluding hydrogens is 252 g/mol. The van der Waals surface area contributed by atoms with Gasteiger partial charge in [0.25, 0.3) is 0 Å². The normalized spacial score (nSPS) is 20.1. The molecule has 1 unspecified atom stereocenters. The first-order valence-electron chi connectivity index (χ1n) is 6.05. The van der Waals surface area contributed by atoms with Crippen LogP contribution in [-0.4, -0.2) is 83.5 Å². The molecule has 108 valence electrons. The van der Waals surface area contributed by atoms with Crippen molar-refractivity contribution in [1.82, 2.24) is 14.7 Å². The average molecular weight is 272 g/mol. The Bertz CT molecular complexity index is 358. The second-order valence-corrected chi connectivity index (χ2v) is 4.77. The number of nitrogens with zero attached hydrogens (tertiary/aromatic N) is 3. The van der Waals surface area contributed by atoms with E-state index in [9.17, 15) is 14.4 Å². The third-order valence-corrected chi connectivity index (χ3v) is 3.17. The molecule has 1 rings (SSSR count). The molecule has 3 N–H and O–H groups in total. The number of hydrogen-bond acceptors (Lipinski definition) is 4. The lowest BCUT2D eigenvalue weighted by molar-refractivity contribution is -0.138. The van der Waals surface area contributed by atoms with Crippen molar-refractivity contribution in [2.45, 2.75) is 13.0 Å². The Morgan fingerprint density at radius 1 is 1.32 bits per heavy atom. The minimum absolute atomic E-state index is 0.193. The van der Waals surface area contributed by atoms with Gasteiger partial charge in [0.05, 0.1) is 0 Å². The Morgan fingerprint density at radius 3 is 2.42 bits per heavy atom. The van der Waals surface area contributed by atoms with Gasteiger partial charge in [0, 0.05) is 25.7 Å². The summed E-state index contributed by atoms with van der Waals surface area (Å²) in [4.78, 5) is 38.4. The highest BCUT2D eigenvalue weighted by molar-refractivity contribution is 5.86. The lowest BCUT2D eigenvalue weighted by atomic mass is 10.2. The summed E-state index contributed by atoms with van der Waals surface area (Å²) in [6, 6.07) is -0.265. The summed E-state index contributed by atoms with van der Waals surface area (Å²) in [5.74, 6) is -1.89. The van der Waals surface area contributed by atoms with Crippen LogP contribution in [0, 0.1) is 0 Å². The van der Waals surface area contributed by atoms with E-state index in [-0.39, 0.29) is 12.6 Å². The van der Waals surface area contributed by atoms with E-state index >= 15 is 0 Å². The van der Waals surface area contributed by atoms with Gasteiger partial charge in [-0.2, -0.15) is 0 Å². The first-order chi connectivity index (χ1) is 8.81. The fourth-order valence-electron chi connectivity index (χ4n) is 1.96. The number of primary amides is 1. The molecule has 0 saturated carbocycles. The molecule has 1 saturated heterocycles. The Morgan fingerprint density at radius 2 is 1.95 bits per heavy atom. The van der Waals surface area contributed by atoms with Crippen molar-refractivity contribution < 1.29 is 19.5 Å². The average Bonchev–Trinajstić information content (AvgIpc) is 2.29. The number of nitrogens with two attached hydrogens (primary N) is 1. The van der Waals surface area contributed by atoms with E-state index in [2.05, 4.69) is 4.90 Å². The summed E-state index contributed by atoms with van der Waals surface area (Å²) in [7, 11) is 1.96. The van der Waals surface area contributed by atoms with Crippen LogP contribution in [0.1, 0.15) is 6.92 Å². The second kappa shape index (κ2) is 6.37.